The molecule has 29 heavy (non-hydrogen) atoms. The second-order valence-corrected chi connectivity index (χ2v) is 7.82. The molecule has 0 spiro atoms. The Morgan fingerprint density at radius 2 is 1.90 bits per heavy atom. The molecule has 0 radical (unpaired) electrons. The van der Waals surface area contributed by atoms with Gasteiger partial charge >= 0.3 is 0 Å². The van der Waals surface area contributed by atoms with Crippen LogP contribution in [0.15, 0.2) is 60.7 Å². The summed E-state index contributed by atoms with van der Waals surface area (Å²) in [5.74, 6) is -0.705. The second kappa shape index (κ2) is 7.84. The summed E-state index contributed by atoms with van der Waals surface area (Å²) in [6.07, 6.45) is 4.56. The van der Waals surface area contributed by atoms with Crippen LogP contribution in [-0.4, -0.2) is 24.2 Å². The van der Waals surface area contributed by atoms with E-state index >= 15 is 0 Å². The van der Waals surface area contributed by atoms with Crippen LogP contribution in [0.4, 0.5) is 5.69 Å². The van der Waals surface area contributed by atoms with Crippen LogP contribution in [0.1, 0.15) is 23.7 Å². The molecule has 2 aromatic rings. The Morgan fingerprint density at radius 1 is 1.14 bits per heavy atom. The topological polar surface area (TPSA) is 63.7 Å². The Morgan fingerprint density at radius 3 is 2.62 bits per heavy atom. The minimum Gasteiger partial charge on any atom is -0.485 e. The lowest BCUT2D eigenvalue weighted by Crippen LogP contribution is -2.31. The molecule has 6 heteroatoms. The van der Waals surface area contributed by atoms with Gasteiger partial charge < -0.3 is 4.74 Å². The van der Waals surface area contributed by atoms with E-state index in [1.165, 1.54) is 4.90 Å². The molecule has 0 aromatic heterocycles. The average molecular weight is 410 g/mol. The number of nitrogens with zero attached hydrogens (tertiary/aromatic N) is 1. The van der Waals surface area contributed by atoms with Crippen molar-refractivity contribution in [3.63, 3.8) is 0 Å². The summed E-state index contributed by atoms with van der Waals surface area (Å²) in [6.45, 7) is 1.81. The maximum Gasteiger partial charge on any atom is 0.238 e. The number of ether oxygens (including phenoxy) is 1. The first kappa shape index (κ1) is 19.4. The molecule has 5 nitrogen and oxygen atoms in total. The van der Waals surface area contributed by atoms with E-state index in [1.54, 1.807) is 48.5 Å². The van der Waals surface area contributed by atoms with Gasteiger partial charge in [-0.25, -0.2) is 4.90 Å². The smallest absolute Gasteiger partial charge is 0.238 e. The summed E-state index contributed by atoms with van der Waals surface area (Å²) < 4.78 is 5.62. The van der Waals surface area contributed by atoms with Crippen molar-refractivity contribution in [2.24, 2.45) is 17.8 Å². The van der Waals surface area contributed by atoms with Crippen LogP contribution in [0, 0.1) is 17.8 Å². The van der Waals surface area contributed by atoms with Crippen molar-refractivity contribution >= 4 is 34.9 Å². The number of hydrogen-bond donors (Lipinski definition) is 0. The molecule has 2 aliphatic rings. The highest BCUT2D eigenvalue weighted by Crippen LogP contribution is 2.40. The Hall–Kier alpha value is -2.92. The summed E-state index contributed by atoms with van der Waals surface area (Å²) in [4.78, 5) is 39.3. The summed E-state index contributed by atoms with van der Waals surface area (Å²) in [5, 5.41) is 0.556. The van der Waals surface area contributed by atoms with Gasteiger partial charge in [0, 0.05) is 16.7 Å². The van der Waals surface area contributed by atoms with E-state index in [-0.39, 0.29) is 42.0 Å². The molecule has 2 aromatic carbocycles. The number of amides is 2. The number of Topliss-reactive ketones (excluding diaryl/α,β-unsaturated/α-hetero) is 1. The van der Waals surface area contributed by atoms with Gasteiger partial charge in [-0.15, -0.1) is 0 Å². The van der Waals surface area contributed by atoms with Crippen molar-refractivity contribution in [3.05, 3.63) is 71.3 Å². The molecule has 0 N–H and O–H groups in total. The number of allylic oxidation sites excluding steroid dienone is 2. The van der Waals surface area contributed by atoms with Crippen LogP contribution >= 0.6 is 11.6 Å². The molecule has 3 atom stereocenters. The highest BCUT2D eigenvalue weighted by atomic mass is 35.5. The largest absolute Gasteiger partial charge is 0.485 e. The van der Waals surface area contributed by atoms with Gasteiger partial charge in [0.05, 0.1) is 17.5 Å². The first-order chi connectivity index (χ1) is 14.0. The van der Waals surface area contributed by atoms with Gasteiger partial charge in [0.15, 0.2) is 12.4 Å². The number of carbonyl (C=O) groups is 3. The number of halogens is 1. The van der Waals surface area contributed by atoms with E-state index < -0.39 is 0 Å². The monoisotopic (exact) mass is 409 g/mol. The number of imide groups is 1. The number of fused-ring (bicyclic) bond motifs is 1. The number of anilines is 1. The van der Waals surface area contributed by atoms with Gasteiger partial charge in [-0.1, -0.05) is 36.7 Å². The third kappa shape index (κ3) is 3.70. The third-order valence-corrected chi connectivity index (χ3v) is 5.74. The fraction of sp³-hybridized carbons (Fsp3) is 0.261. The molecule has 2 amide bonds. The fourth-order valence-corrected chi connectivity index (χ4v) is 4.11. The van der Waals surface area contributed by atoms with Gasteiger partial charge in [-0.2, -0.15) is 0 Å². The summed E-state index contributed by atoms with van der Waals surface area (Å²) in [7, 11) is 0. The van der Waals surface area contributed by atoms with Gasteiger partial charge in [-0.3, -0.25) is 14.4 Å². The van der Waals surface area contributed by atoms with E-state index in [1.807, 2.05) is 19.1 Å². The molecular weight excluding hydrogens is 390 g/mol. The van der Waals surface area contributed by atoms with E-state index in [4.69, 9.17) is 16.3 Å². The first-order valence-electron chi connectivity index (χ1n) is 9.52. The zero-order valence-electron chi connectivity index (χ0n) is 15.9. The number of carbonyl (C=O) groups excluding carboxylic acids is 3. The second-order valence-electron chi connectivity index (χ2n) is 7.38. The number of hydrogen-bond acceptors (Lipinski definition) is 4. The van der Waals surface area contributed by atoms with Crippen LogP contribution in [0.25, 0.3) is 0 Å². The lowest BCUT2D eigenvalue weighted by molar-refractivity contribution is -0.122. The minimum atomic E-state index is -0.316. The van der Waals surface area contributed by atoms with Gasteiger partial charge in [-0.05, 0) is 48.7 Å². The molecule has 0 bridgehead atoms. The SMILES string of the molecule is C[C@H]1C=CC[C@H]2C(=O)N(c3cccc(OCC(=O)c4ccc(Cl)cc4)c3)C(=O)[C@H]12. The molecule has 1 aliphatic heterocycles. The number of benzene rings is 2. The van der Waals surface area contributed by atoms with Crippen LogP contribution in [0.5, 0.6) is 5.75 Å². The van der Waals surface area contributed by atoms with Gasteiger partial charge in [0.2, 0.25) is 11.8 Å². The van der Waals surface area contributed by atoms with Crippen LogP contribution in [0.3, 0.4) is 0 Å². The van der Waals surface area contributed by atoms with Crippen molar-refractivity contribution < 1.29 is 19.1 Å². The van der Waals surface area contributed by atoms with Crippen LogP contribution < -0.4 is 9.64 Å². The molecule has 4 rings (SSSR count). The quantitative estimate of drug-likeness (QED) is 0.419. The molecular formula is C23H20ClNO4. The Bertz CT molecular complexity index is 998. The van der Waals surface area contributed by atoms with Crippen molar-refractivity contribution in [3.8, 4) is 5.75 Å². The zero-order chi connectivity index (χ0) is 20.5. The predicted octanol–water partition coefficient (Wildman–Crippen LogP) is 4.30. The maximum atomic E-state index is 12.9. The first-order valence-corrected chi connectivity index (χ1v) is 9.89. The van der Waals surface area contributed by atoms with E-state index in [9.17, 15) is 14.4 Å². The molecule has 0 saturated carbocycles. The van der Waals surface area contributed by atoms with Crippen molar-refractivity contribution in [1.82, 2.24) is 0 Å². The maximum absolute atomic E-state index is 12.9. The predicted molar refractivity (Wildman–Crippen MR) is 110 cm³/mol. The number of ketones is 1. The van der Waals surface area contributed by atoms with Crippen LogP contribution in [-0.2, 0) is 9.59 Å². The molecule has 0 unspecified atom stereocenters. The number of rotatable bonds is 5. The fourth-order valence-electron chi connectivity index (χ4n) is 3.98. The Balaban J connectivity index is 1.49. The molecule has 1 fully saturated rings. The van der Waals surface area contributed by atoms with E-state index in [0.29, 0.717) is 28.4 Å². The summed E-state index contributed by atoms with van der Waals surface area (Å²) >= 11 is 5.84. The van der Waals surface area contributed by atoms with E-state index in [2.05, 4.69) is 0 Å². The van der Waals surface area contributed by atoms with Gasteiger partial charge in [0.1, 0.15) is 5.75 Å². The average Bonchev–Trinajstić information content (AvgIpc) is 2.98. The van der Waals surface area contributed by atoms with Gasteiger partial charge in [0.25, 0.3) is 0 Å². The lowest BCUT2D eigenvalue weighted by Gasteiger charge is -2.22. The zero-order valence-corrected chi connectivity index (χ0v) is 16.6. The molecule has 1 saturated heterocycles. The lowest BCUT2D eigenvalue weighted by atomic mass is 9.78. The molecule has 1 aliphatic carbocycles. The van der Waals surface area contributed by atoms with Crippen LogP contribution in [0.2, 0.25) is 5.02 Å². The third-order valence-electron chi connectivity index (χ3n) is 5.48. The standard InChI is InChI=1S/C23H20ClNO4/c1-14-4-2-7-19-21(14)23(28)25(22(19)27)17-5-3-6-18(12-17)29-13-20(26)15-8-10-16(24)11-9-15/h2-6,8-12,14,19,21H,7,13H2,1H3/t14-,19+,21+/m0/s1. The van der Waals surface area contributed by atoms with E-state index in [0.717, 1.165) is 0 Å². The highest BCUT2D eigenvalue weighted by molar-refractivity contribution is 6.30. The summed E-state index contributed by atoms with van der Waals surface area (Å²) in [6, 6.07) is 13.3. The summed E-state index contributed by atoms with van der Waals surface area (Å²) in [5.41, 5.74) is 0.971. The highest BCUT2D eigenvalue weighted by Gasteiger charge is 2.50. The Labute approximate surface area is 173 Å². The Kier molecular flexibility index (Phi) is 5.24. The normalized spacial score (nSPS) is 23.2. The molecule has 148 valence electrons. The van der Waals surface area contributed by atoms with Crippen molar-refractivity contribution in [1.29, 1.82) is 0 Å². The molecule has 1 heterocycles. The van der Waals surface area contributed by atoms with Crippen molar-refractivity contribution in [2.45, 2.75) is 13.3 Å². The van der Waals surface area contributed by atoms with Crippen molar-refractivity contribution in [2.75, 3.05) is 11.5 Å². The minimum absolute atomic E-state index is 0.0339.